The molecule has 1 saturated heterocycles. The highest BCUT2D eigenvalue weighted by atomic mass is 16.6. The van der Waals surface area contributed by atoms with Crippen LogP contribution >= 0.6 is 0 Å². The molecule has 0 radical (unpaired) electrons. The van der Waals surface area contributed by atoms with E-state index in [0.29, 0.717) is 5.56 Å². The van der Waals surface area contributed by atoms with Crippen molar-refractivity contribution >= 4 is 11.6 Å². The van der Waals surface area contributed by atoms with E-state index in [1.807, 2.05) is 0 Å². The molecule has 0 bridgehead atoms. The van der Waals surface area contributed by atoms with E-state index in [1.165, 1.54) is 18.9 Å². The molecule has 3 rings (SSSR count). The van der Waals surface area contributed by atoms with Gasteiger partial charge in [0.05, 0.1) is 11.3 Å². The van der Waals surface area contributed by atoms with Gasteiger partial charge in [-0.3, -0.25) is 19.8 Å². The van der Waals surface area contributed by atoms with E-state index in [2.05, 4.69) is 10.2 Å². The zero-order valence-electron chi connectivity index (χ0n) is 11.8. The first kappa shape index (κ1) is 14.0. The highest BCUT2D eigenvalue weighted by molar-refractivity contribution is 5.80. The number of rotatable bonds is 5. The van der Waals surface area contributed by atoms with Crippen LogP contribution < -0.4 is 5.32 Å². The van der Waals surface area contributed by atoms with Crippen LogP contribution in [-0.4, -0.2) is 40.9 Å². The van der Waals surface area contributed by atoms with Crippen molar-refractivity contribution in [2.75, 3.05) is 13.1 Å². The summed E-state index contributed by atoms with van der Waals surface area (Å²) in [5.74, 6) is -0.132. The summed E-state index contributed by atoms with van der Waals surface area (Å²) in [6.45, 7) is 1.95. The molecule has 0 unspecified atom stereocenters. The summed E-state index contributed by atoms with van der Waals surface area (Å²) in [5, 5.41) is 13.9. The lowest BCUT2D eigenvalue weighted by atomic mass is 10.1. The minimum Gasteiger partial charge on any atom is -0.352 e. The molecule has 6 heteroatoms. The number of amides is 1. The zero-order valence-corrected chi connectivity index (χ0v) is 11.8. The molecular formula is C15H19N3O3. The summed E-state index contributed by atoms with van der Waals surface area (Å²) >= 11 is 0. The van der Waals surface area contributed by atoms with Crippen molar-refractivity contribution in [1.82, 2.24) is 10.2 Å². The minimum absolute atomic E-state index is 0.0127. The van der Waals surface area contributed by atoms with Crippen molar-refractivity contribution in [2.24, 2.45) is 0 Å². The van der Waals surface area contributed by atoms with Gasteiger partial charge in [-0.25, -0.2) is 0 Å². The van der Waals surface area contributed by atoms with Crippen LogP contribution in [0.4, 0.5) is 5.69 Å². The summed E-state index contributed by atoms with van der Waals surface area (Å²) in [7, 11) is 0. The Kier molecular flexibility index (Phi) is 3.88. The maximum Gasteiger partial charge on any atom is 0.273 e. The molecule has 1 aromatic rings. The van der Waals surface area contributed by atoms with E-state index in [9.17, 15) is 14.9 Å². The second-order valence-corrected chi connectivity index (χ2v) is 5.84. The number of para-hydroxylation sites is 1. The van der Waals surface area contributed by atoms with E-state index < -0.39 is 4.92 Å². The SMILES string of the molecule is O=C(Cc1ccccc1[N+](=O)[O-])N[C@@H]1CCN(C2CC2)C1. The van der Waals surface area contributed by atoms with E-state index >= 15 is 0 Å². The van der Waals surface area contributed by atoms with Gasteiger partial charge in [-0.2, -0.15) is 0 Å². The van der Waals surface area contributed by atoms with Crippen LogP contribution in [0.25, 0.3) is 0 Å². The average molecular weight is 289 g/mol. The van der Waals surface area contributed by atoms with E-state index in [-0.39, 0.29) is 24.1 Å². The minimum atomic E-state index is -0.437. The van der Waals surface area contributed by atoms with Crippen LogP contribution in [0.3, 0.4) is 0 Å². The molecule has 1 N–H and O–H groups in total. The van der Waals surface area contributed by atoms with Gasteiger partial charge >= 0.3 is 0 Å². The molecule has 1 amide bonds. The molecule has 1 aliphatic carbocycles. The number of nitrogens with zero attached hydrogens (tertiary/aromatic N) is 2. The van der Waals surface area contributed by atoms with Gasteiger partial charge in [0.25, 0.3) is 5.69 Å². The monoisotopic (exact) mass is 289 g/mol. The van der Waals surface area contributed by atoms with Gasteiger partial charge in [0.15, 0.2) is 0 Å². The number of carbonyl (C=O) groups is 1. The van der Waals surface area contributed by atoms with E-state index in [1.54, 1.807) is 18.2 Å². The van der Waals surface area contributed by atoms with Gasteiger partial charge in [0, 0.05) is 36.8 Å². The standard InChI is InChI=1S/C15H19N3O3/c19-15(9-11-3-1-2-4-14(11)18(20)21)16-12-7-8-17(10-12)13-5-6-13/h1-4,12-13H,5-10H2,(H,16,19)/t12-/m1/s1. The lowest BCUT2D eigenvalue weighted by molar-refractivity contribution is -0.385. The van der Waals surface area contributed by atoms with Gasteiger partial charge in [0.2, 0.25) is 5.91 Å². The number of carbonyl (C=O) groups excluding carboxylic acids is 1. The van der Waals surface area contributed by atoms with Crippen molar-refractivity contribution < 1.29 is 9.72 Å². The van der Waals surface area contributed by atoms with Crippen molar-refractivity contribution in [3.63, 3.8) is 0 Å². The number of hydrogen-bond donors (Lipinski definition) is 1. The lowest BCUT2D eigenvalue weighted by Gasteiger charge is -2.15. The number of likely N-dealkylation sites (tertiary alicyclic amines) is 1. The third-order valence-electron chi connectivity index (χ3n) is 4.19. The lowest BCUT2D eigenvalue weighted by Crippen LogP contribution is -2.38. The van der Waals surface area contributed by atoms with Gasteiger partial charge in [-0.15, -0.1) is 0 Å². The molecule has 112 valence electrons. The fourth-order valence-corrected chi connectivity index (χ4v) is 2.97. The van der Waals surface area contributed by atoms with Crippen molar-refractivity contribution in [2.45, 2.75) is 37.8 Å². The first-order valence-electron chi connectivity index (χ1n) is 7.39. The predicted molar refractivity (Wildman–Crippen MR) is 77.9 cm³/mol. The van der Waals surface area contributed by atoms with Gasteiger partial charge in [-0.1, -0.05) is 18.2 Å². The molecule has 1 aromatic carbocycles. The van der Waals surface area contributed by atoms with Crippen LogP contribution in [0.2, 0.25) is 0 Å². The molecule has 0 aromatic heterocycles. The van der Waals surface area contributed by atoms with Gasteiger partial charge < -0.3 is 5.32 Å². The number of nitro groups is 1. The van der Waals surface area contributed by atoms with Crippen LogP contribution in [0, 0.1) is 10.1 Å². The molecule has 1 aliphatic heterocycles. The smallest absolute Gasteiger partial charge is 0.273 e. The number of hydrogen-bond acceptors (Lipinski definition) is 4. The summed E-state index contributed by atoms with van der Waals surface area (Å²) in [6.07, 6.45) is 3.59. The highest BCUT2D eigenvalue weighted by Crippen LogP contribution is 2.29. The van der Waals surface area contributed by atoms with Crippen LogP contribution in [-0.2, 0) is 11.2 Å². The molecule has 1 heterocycles. The molecular weight excluding hydrogens is 270 g/mol. The van der Waals surface area contributed by atoms with Crippen molar-refractivity contribution in [3.05, 3.63) is 39.9 Å². The Hall–Kier alpha value is -1.95. The van der Waals surface area contributed by atoms with Crippen LogP contribution in [0.1, 0.15) is 24.8 Å². The molecule has 2 aliphatic rings. The highest BCUT2D eigenvalue weighted by Gasteiger charge is 2.34. The fraction of sp³-hybridized carbons (Fsp3) is 0.533. The number of nitro benzene ring substituents is 1. The Morgan fingerprint density at radius 1 is 1.33 bits per heavy atom. The normalized spacial score (nSPS) is 22.2. The third-order valence-corrected chi connectivity index (χ3v) is 4.19. The Labute approximate surface area is 123 Å². The first-order valence-corrected chi connectivity index (χ1v) is 7.39. The first-order chi connectivity index (χ1) is 10.1. The summed E-state index contributed by atoms with van der Waals surface area (Å²) in [4.78, 5) is 25.0. The van der Waals surface area contributed by atoms with Crippen molar-refractivity contribution in [1.29, 1.82) is 0 Å². The summed E-state index contributed by atoms with van der Waals surface area (Å²) in [5.41, 5.74) is 0.482. The zero-order chi connectivity index (χ0) is 14.8. The van der Waals surface area contributed by atoms with Gasteiger partial charge in [-0.05, 0) is 19.3 Å². The van der Waals surface area contributed by atoms with Crippen LogP contribution in [0.15, 0.2) is 24.3 Å². The molecule has 6 nitrogen and oxygen atoms in total. The van der Waals surface area contributed by atoms with Crippen molar-refractivity contribution in [3.8, 4) is 0 Å². The topological polar surface area (TPSA) is 75.5 Å². The maximum absolute atomic E-state index is 12.1. The molecule has 1 saturated carbocycles. The molecule has 2 fully saturated rings. The fourth-order valence-electron chi connectivity index (χ4n) is 2.97. The largest absolute Gasteiger partial charge is 0.352 e. The second kappa shape index (κ2) is 5.81. The average Bonchev–Trinajstić information content (AvgIpc) is 3.20. The predicted octanol–water partition coefficient (Wildman–Crippen LogP) is 1.49. The summed E-state index contributed by atoms with van der Waals surface area (Å²) < 4.78 is 0. The Bertz CT molecular complexity index is 557. The summed E-state index contributed by atoms with van der Waals surface area (Å²) in [6, 6.07) is 7.32. The Balaban J connectivity index is 1.56. The number of benzene rings is 1. The second-order valence-electron chi connectivity index (χ2n) is 5.84. The number of nitrogens with one attached hydrogen (secondary N) is 1. The van der Waals surface area contributed by atoms with Gasteiger partial charge in [0.1, 0.15) is 0 Å². The van der Waals surface area contributed by atoms with Crippen LogP contribution in [0.5, 0.6) is 0 Å². The maximum atomic E-state index is 12.1. The molecule has 0 spiro atoms. The third kappa shape index (κ3) is 3.39. The quantitative estimate of drug-likeness (QED) is 0.658. The molecule has 21 heavy (non-hydrogen) atoms. The Morgan fingerprint density at radius 2 is 2.10 bits per heavy atom. The van der Waals surface area contributed by atoms with E-state index in [0.717, 1.165) is 25.6 Å². The Morgan fingerprint density at radius 3 is 2.81 bits per heavy atom. The molecule has 1 atom stereocenters. The van der Waals surface area contributed by atoms with E-state index in [4.69, 9.17) is 0 Å².